The van der Waals surface area contributed by atoms with Crippen LogP contribution in [0.4, 0.5) is 18.9 Å². The Morgan fingerprint density at radius 3 is 2.59 bits per heavy atom. The number of aryl methyl sites for hydroxylation is 1. The minimum absolute atomic E-state index is 0.221. The Labute approximate surface area is 155 Å². The average molecular weight is 389 g/mol. The topological polar surface area (TPSA) is 46.9 Å². The van der Waals surface area contributed by atoms with Gasteiger partial charge in [-0.2, -0.15) is 13.2 Å². The van der Waals surface area contributed by atoms with E-state index in [9.17, 15) is 18.0 Å². The highest BCUT2D eigenvalue weighted by Gasteiger charge is 2.27. The second kappa shape index (κ2) is 6.38. The van der Waals surface area contributed by atoms with E-state index in [4.69, 9.17) is 0 Å². The molecule has 4 aromatic rings. The SMILES string of the molecule is Cc1ccc(-n2ccc3c(sc4nccc(NCC(F)(F)F)c43)c2=O)cc1. The molecule has 0 saturated carbocycles. The summed E-state index contributed by atoms with van der Waals surface area (Å²) in [6.45, 7) is 0.812. The van der Waals surface area contributed by atoms with Crippen LogP contribution >= 0.6 is 11.3 Å². The van der Waals surface area contributed by atoms with E-state index < -0.39 is 12.7 Å². The fraction of sp³-hybridized carbons (Fsp3) is 0.158. The van der Waals surface area contributed by atoms with Crippen molar-refractivity contribution in [2.45, 2.75) is 13.1 Å². The molecule has 0 radical (unpaired) electrons. The summed E-state index contributed by atoms with van der Waals surface area (Å²) in [4.78, 5) is 17.7. The molecule has 27 heavy (non-hydrogen) atoms. The third kappa shape index (κ3) is 3.28. The molecule has 0 aliphatic rings. The summed E-state index contributed by atoms with van der Waals surface area (Å²) < 4.78 is 39.7. The molecular weight excluding hydrogens is 375 g/mol. The van der Waals surface area contributed by atoms with Gasteiger partial charge in [0.15, 0.2) is 0 Å². The molecule has 0 unspecified atom stereocenters. The number of nitrogens with zero attached hydrogens (tertiary/aromatic N) is 2. The Hall–Kier alpha value is -2.87. The van der Waals surface area contributed by atoms with Crippen molar-refractivity contribution in [1.29, 1.82) is 0 Å². The molecular formula is C19H14F3N3OS. The number of fused-ring (bicyclic) bond motifs is 3. The first-order chi connectivity index (χ1) is 12.8. The van der Waals surface area contributed by atoms with Gasteiger partial charge in [-0.1, -0.05) is 17.7 Å². The molecule has 0 spiro atoms. The molecule has 4 rings (SSSR count). The quantitative estimate of drug-likeness (QED) is 0.543. The average Bonchev–Trinajstić information content (AvgIpc) is 3.01. The number of halogens is 3. The third-order valence-electron chi connectivity index (χ3n) is 4.22. The summed E-state index contributed by atoms with van der Waals surface area (Å²) in [6.07, 6.45) is -1.25. The zero-order valence-corrected chi connectivity index (χ0v) is 15.0. The van der Waals surface area contributed by atoms with Gasteiger partial charge in [-0.05, 0) is 31.2 Å². The lowest BCUT2D eigenvalue weighted by atomic mass is 10.2. The number of alkyl halides is 3. The van der Waals surface area contributed by atoms with E-state index in [0.717, 1.165) is 11.3 Å². The van der Waals surface area contributed by atoms with Gasteiger partial charge >= 0.3 is 6.18 Å². The van der Waals surface area contributed by atoms with E-state index >= 15 is 0 Å². The second-order valence-electron chi connectivity index (χ2n) is 6.18. The number of hydrogen-bond acceptors (Lipinski definition) is 4. The van der Waals surface area contributed by atoms with Crippen LogP contribution in [0.1, 0.15) is 5.56 Å². The standard InChI is InChI=1S/C19H14F3N3OS/c1-11-2-4-12(5-3-11)25-9-7-13-15-14(24-10-19(20,21)22)6-8-23-17(15)27-16(13)18(25)26/h2-9H,10H2,1H3,(H,23,24). The Morgan fingerprint density at radius 1 is 1.15 bits per heavy atom. The minimum Gasteiger partial charge on any atom is -0.376 e. The van der Waals surface area contributed by atoms with Crippen molar-refractivity contribution in [2.24, 2.45) is 0 Å². The van der Waals surface area contributed by atoms with Crippen molar-refractivity contribution < 1.29 is 13.2 Å². The highest BCUT2D eigenvalue weighted by atomic mass is 32.1. The molecule has 1 aromatic carbocycles. The van der Waals surface area contributed by atoms with Crippen molar-refractivity contribution in [3.63, 3.8) is 0 Å². The zero-order chi connectivity index (χ0) is 19.2. The van der Waals surface area contributed by atoms with E-state index in [1.165, 1.54) is 28.2 Å². The molecule has 0 saturated heterocycles. The third-order valence-corrected chi connectivity index (χ3v) is 5.33. The maximum atomic E-state index is 13.0. The van der Waals surface area contributed by atoms with Crippen molar-refractivity contribution in [3.05, 3.63) is 64.7 Å². The van der Waals surface area contributed by atoms with Gasteiger partial charge in [0, 0.05) is 34.5 Å². The van der Waals surface area contributed by atoms with Crippen LogP contribution in [0.2, 0.25) is 0 Å². The first kappa shape index (κ1) is 17.5. The highest BCUT2D eigenvalue weighted by molar-refractivity contribution is 7.25. The van der Waals surface area contributed by atoms with Gasteiger partial charge in [-0.3, -0.25) is 9.36 Å². The summed E-state index contributed by atoms with van der Waals surface area (Å²) in [6, 6.07) is 10.8. The summed E-state index contributed by atoms with van der Waals surface area (Å²) >= 11 is 1.18. The lowest BCUT2D eigenvalue weighted by Gasteiger charge is -2.10. The largest absolute Gasteiger partial charge is 0.405 e. The first-order valence-electron chi connectivity index (χ1n) is 8.14. The number of rotatable bonds is 3. The van der Waals surface area contributed by atoms with E-state index in [1.54, 1.807) is 12.3 Å². The van der Waals surface area contributed by atoms with Crippen LogP contribution in [0, 0.1) is 6.92 Å². The minimum atomic E-state index is -4.33. The fourth-order valence-electron chi connectivity index (χ4n) is 2.94. The van der Waals surface area contributed by atoms with Crippen LogP contribution in [0.15, 0.2) is 53.6 Å². The molecule has 0 bridgehead atoms. The second-order valence-corrected chi connectivity index (χ2v) is 7.18. The van der Waals surface area contributed by atoms with E-state index in [1.807, 2.05) is 31.2 Å². The van der Waals surface area contributed by atoms with E-state index in [0.29, 0.717) is 26.0 Å². The fourth-order valence-corrected chi connectivity index (χ4v) is 4.04. The van der Waals surface area contributed by atoms with Crippen LogP contribution in [0.3, 0.4) is 0 Å². The molecule has 8 heteroatoms. The monoisotopic (exact) mass is 389 g/mol. The molecule has 0 aliphatic heterocycles. The summed E-state index contributed by atoms with van der Waals surface area (Å²) in [7, 11) is 0. The van der Waals surface area contributed by atoms with Gasteiger partial charge in [0.05, 0.1) is 0 Å². The van der Waals surface area contributed by atoms with Gasteiger partial charge in [0.25, 0.3) is 5.56 Å². The molecule has 0 amide bonds. The van der Waals surface area contributed by atoms with Crippen LogP contribution in [0.25, 0.3) is 26.0 Å². The van der Waals surface area contributed by atoms with Gasteiger partial charge in [-0.25, -0.2) is 4.98 Å². The van der Waals surface area contributed by atoms with Gasteiger partial charge in [0.2, 0.25) is 0 Å². The Balaban J connectivity index is 1.88. The van der Waals surface area contributed by atoms with Crippen molar-refractivity contribution in [3.8, 4) is 5.69 Å². The van der Waals surface area contributed by atoms with Crippen LogP contribution < -0.4 is 10.9 Å². The smallest absolute Gasteiger partial charge is 0.376 e. The number of benzene rings is 1. The number of hydrogen-bond donors (Lipinski definition) is 1. The van der Waals surface area contributed by atoms with Crippen LogP contribution in [-0.2, 0) is 0 Å². The molecule has 138 valence electrons. The number of pyridine rings is 2. The summed E-state index contributed by atoms with van der Waals surface area (Å²) in [5, 5.41) is 3.55. The van der Waals surface area contributed by atoms with Crippen molar-refractivity contribution in [2.75, 3.05) is 11.9 Å². The molecule has 4 nitrogen and oxygen atoms in total. The predicted molar refractivity (Wildman–Crippen MR) is 102 cm³/mol. The molecule has 3 heterocycles. The maximum absolute atomic E-state index is 13.0. The summed E-state index contributed by atoms with van der Waals surface area (Å²) in [5.74, 6) is 0. The van der Waals surface area contributed by atoms with E-state index in [-0.39, 0.29) is 5.56 Å². The summed E-state index contributed by atoms with van der Waals surface area (Å²) in [5.41, 5.74) is 1.91. The van der Waals surface area contributed by atoms with Crippen molar-refractivity contribution >= 4 is 37.3 Å². The lowest BCUT2D eigenvalue weighted by molar-refractivity contribution is -0.115. The maximum Gasteiger partial charge on any atom is 0.405 e. The lowest BCUT2D eigenvalue weighted by Crippen LogP contribution is -2.21. The number of aromatic nitrogens is 2. The van der Waals surface area contributed by atoms with Crippen LogP contribution in [0.5, 0.6) is 0 Å². The first-order valence-corrected chi connectivity index (χ1v) is 8.96. The van der Waals surface area contributed by atoms with Crippen molar-refractivity contribution in [1.82, 2.24) is 9.55 Å². The zero-order valence-electron chi connectivity index (χ0n) is 14.2. The Kier molecular flexibility index (Phi) is 4.15. The van der Waals surface area contributed by atoms with Gasteiger partial charge in [0.1, 0.15) is 16.1 Å². The molecule has 0 fully saturated rings. The van der Waals surface area contributed by atoms with Gasteiger partial charge < -0.3 is 5.32 Å². The highest BCUT2D eigenvalue weighted by Crippen LogP contribution is 2.35. The van der Waals surface area contributed by atoms with Crippen LogP contribution in [-0.4, -0.2) is 22.3 Å². The normalized spacial score (nSPS) is 12.0. The molecule has 0 atom stereocenters. The molecule has 0 aliphatic carbocycles. The number of anilines is 1. The Morgan fingerprint density at radius 2 is 1.89 bits per heavy atom. The number of nitrogens with one attached hydrogen (secondary N) is 1. The molecule has 1 N–H and O–H groups in total. The van der Waals surface area contributed by atoms with Gasteiger partial charge in [-0.15, -0.1) is 11.3 Å². The number of thiophene rings is 1. The predicted octanol–water partition coefficient (Wildman–Crippen LogP) is 4.88. The van der Waals surface area contributed by atoms with E-state index in [2.05, 4.69) is 10.3 Å². The molecule has 3 aromatic heterocycles. The Bertz CT molecular complexity index is 1190.